The van der Waals surface area contributed by atoms with Crippen molar-refractivity contribution in [2.24, 2.45) is 0 Å². The van der Waals surface area contributed by atoms with Gasteiger partial charge in [-0.25, -0.2) is 9.78 Å². The highest BCUT2D eigenvalue weighted by Crippen LogP contribution is 2.34. The highest BCUT2D eigenvalue weighted by Gasteiger charge is 2.26. The maximum atomic E-state index is 13.0. The van der Waals surface area contributed by atoms with E-state index in [1.54, 1.807) is 10.6 Å². The summed E-state index contributed by atoms with van der Waals surface area (Å²) in [5.74, 6) is -2.13. The third-order valence-corrected chi connectivity index (χ3v) is 4.74. The first kappa shape index (κ1) is 17.7. The zero-order chi connectivity index (χ0) is 19.8. The van der Waals surface area contributed by atoms with E-state index in [0.717, 1.165) is 11.1 Å². The number of carbonyl (C=O) groups is 2. The van der Waals surface area contributed by atoms with Crippen LogP contribution >= 0.6 is 0 Å². The van der Waals surface area contributed by atoms with Crippen LogP contribution in [0.25, 0.3) is 22.6 Å². The van der Waals surface area contributed by atoms with Gasteiger partial charge in [0.05, 0.1) is 10.9 Å². The summed E-state index contributed by atoms with van der Waals surface area (Å²) < 4.78 is 1.69. The van der Waals surface area contributed by atoms with E-state index in [9.17, 15) is 14.4 Å². The topological polar surface area (TPSA) is 101 Å². The lowest BCUT2D eigenvalue weighted by molar-refractivity contribution is -0.147. The van der Waals surface area contributed by atoms with Gasteiger partial charge in [-0.05, 0) is 48.8 Å². The Balaban J connectivity index is 1.84. The average molecular weight is 375 g/mol. The van der Waals surface area contributed by atoms with Gasteiger partial charge < -0.3 is 10.4 Å². The van der Waals surface area contributed by atoms with Gasteiger partial charge in [-0.15, -0.1) is 0 Å². The molecule has 1 atom stereocenters. The zero-order valence-electron chi connectivity index (χ0n) is 15.0. The number of carbonyl (C=O) groups excluding carboxylic acids is 1. The Kier molecular flexibility index (Phi) is 4.27. The molecule has 0 radical (unpaired) electrons. The van der Waals surface area contributed by atoms with Crippen LogP contribution in [-0.2, 0) is 9.59 Å². The summed E-state index contributed by atoms with van der Waals surface area (Å²) in [5, 5.41) is 11.4. The molecule has 1 aliphatic rings. The molecule has 0 saturated heterocycles. The van der Waals surface area contributed by atoms with E-state index >= 15 is 0 Å². The molecule has 0 spiro atoms. The number of hydrogen-bond acceptors (Lipinski definition) is 4. The summed E-state index contributed by atoms with van der Waals surface area (Å²) in [5.41, 5.74) is 2.51. The molecule has 0 bridgehead atoms. The molecule has 2 aromatic carbocycles. The van der Waals surface area contributed by atoms with Crippen molar-refractivity contribution in [2.75, 3.05) is 5.32 Å². The van der Waals surface area contributed by atoms with Crippen molar-refractivity contribution in [1.29, 1.82) is 0 Å². The van der Waals surface area contributed by atoms with Crippen molar-refractivity contribution in [3.05, 3.63) is 70.3 Å². The van der Waals surface area contributed by atoms with E-state index in [1.807, 2.05) is 43.3 Å². The molecule has 1 aromatic heterocycles. The standard InChI is InChI=1S/C21H17N3O4/c1-12-9-14(10-13-5-3-2-4-6-13)18-23-17-11-15(22-19(25)21(27)28)7-8-16(17)20(26)24(12)18/h2-8,10-12H,9H2,1H3,(H,22,25)(H,27,28)/b14-10+. The number of amides is 1. The Bertz CT molecular complexity index is 1200. The maximum Gasteiger partial charge on any atom is 0.394 e. The van der Waals surface area contributed by atoms with Crippen LogP contribution in [0.5, 0.6) is 0 Å². The molecule has 1 aliphatic heterocycles. The number of carboxylic acid groups (broad SMARTS) is 1. The number of carboxylic acids is 1. The zero-order valence-corrected chi connectivity index (χ0v) is 15.0. The third-order valence-electron chi connectivity index (χ3n) is 4.74. The van der Waals surface area contributed by atoms with Crippen LogP contribution in [0.3, 0.4) is 0 Å². The van der Waals surface area contributed by atoms with Crippen LogP contribution in [-0.4, -0.2) is 26.5 Å². The highest BCUT2D eigenvalue weighted by molar-refractivity contribution is 6.36. The number of fused-ring (bicyclic) bond motifs is 2. The van der Waals surface area contributed by atoms with Gasteiger partial charge in [0.2, 0.25) is 0 Å². The molecule has 0 saturated carbocycles. The molecular weight excluding hydrogens is 358 g/mol. The minimum atomic E-state index is -1.58. The fourth-order valence-corrected chi connectivity index (χ4v) is 3.47. The molecule has 7 heteroatoms. The molecule has 2 heterocycles. The van der Waals surface area contributed by atoms with Crippen molar-refractivity contribution in [3.8, 4) is 0 Å². The molecule has 2 N–H and O–H groups in total. The Labute approximate surface area is 160 Å². The highest BCUT2D eigenvalue weighted by atomic mass is 16.4. The normalized spacial score (nSPS) is 16.9. The quantitative estimate of drug-likeness (QED) is 0.671. The fraction of sp³-hybridized carbons (Fsp3) is 0.143. The van der Waals surface area contributed by atoms with Crippen molar-refractivity contribution in [3.63, 3.8) is 0 Å². The number of hydrogen-bond donors (Lipinski definition) is 2. The number of aliphatic carboxylic acids is 1. The summed E-state index contributed by atoms with van der Waals surface area (Å²) in [4.78, 5) is 39.8. The molecular formula is C21H17N3O4. The molecule has 4 rings (SSSR count). The monoisotopic (exact) mass is 375 g/mol. The van der Waals surface area contributed by atoms with Crippen LogP contribution in [0, 0.1) is 0 Å². The van der Waals surface area contributed by atoms with Gasteiger partial charge in [0, 0.05) is 11.7 Å². The fourth-order valence-electron chi connectivity index (χ4n) is 3.47. The van der Waals surface area contributed by atoms with E-state index in [2.05, 4.69) is 10.3 Å². The van der Waals surface area contributed by atoms with Crippen molar-refractivity contribution < 1.29 is 14.7 Å². The second-order valence-corrected chi connectivity index (χ2v) is 6.74. The van der Waals surface area contributed by atoms with Gasteiger partial charge in [-0.3, -0.25) is 14.2 Å². The lowest BCUT2D eigenvalue weighted by Gasteiger charge is -2.10. The molecule has 0 fully saturated rings. The van der Waals surface area contributed by atoms with E-state index in [-0.39, 0.29) is 17.3 Å². The first-order valence-electron chi connectivity index (χ1n) is 8.80. The minimum Gasteiger partial charge on any atom is -0.474 e. The summed E-state index contributed by atoms with van der Waals surface area (Å²) in [7, 11) is 0. The van der Waals surface area contributed by atoms with Crippen molar-refractivity contribution in [1.82, 2.24) is 9.55 Å². The van der Waals surface area contributed by atoms with Gasteiger partial charge in [-0.1, -0.05) is 30.3 Å². The van der Waals surface area contributed by atoms with E-state index in [0.29, 0.717) is 23.1 Å². The molecule has 140 valence electrons. The summed E-state index contributed by atoms with van der Waals surface area (Å²) in [6.07, 6.45) is 2.71. The van der Waals surface area contributed by atoms with Crippen LogP contribution in [0.2, 0.25) is 0 Å². The number of benzene rings is 2. The second kappa shape index (κ2) is 6.77. The molecule has 28 heavy (non-hydrogen) atoms. The SMILES string of the molecule is CC1C/C(=C\c2ccccc2)c2nc3cc(NC(=O)C(=O)O)ccc3c(=O)n21. The summed E-state index contributed by atoms with van der Waals surface area (Å²) >= 11 is 0. The lowest BCUT2D eigenvalue weighted by atomic mass is 10.1. The number of allylic oxidation sites excluding steroid dienone is 1. The molecule has 1 unspecified atom stereocenters. The maximum absolute atomic E-state index is 13.0. The third kappa shape index (κ3) is 3.07. The predicted octanol–water partition coefficient (Wildman–Crippen LogP) is 2.92. The first-order chi connectivity index (χ1) is 13.4. The molecule has 7 nitrogen and oxygen atoms in total. The Morgan fingerprint density at radius 2 is 1.96 bits per heavy atom. The molecule has 0 aliphatic carbocycles. The second-order valence-electron chi connectivity index (χ2n) is 6.74. The Morgan fingerprint density at radius 1 is 1.21 bits per heavy atom. The lowest BCUT2D eigenvalue weighted by Crippen LogP contribution is -2.24. The number of nitrogens with one attached hydrogen (secondary N) is 1. The van der Waals surface area contributed by atoms with Crippen LogP contribution in [0.1, 0.15) is 30.8 Å². The molecule has 3 aromatic rings. The largest absolute Gasteiger partial charge is 0.474 e. The van der Waals surface area contributed by atoms with E-state index in [1.165, 1.54) is 12.1 Å². The average Bonchev–Trinajstić information content (AvgIpc) is 2.98. The molecule has 1 amide bonds. The van der Waals surface area contributed by atoms with E-state index in [4.69, 9.17) is 5.11 Å². The van der Waals surface area contributed by atoms with Gasteiger partial charge in [0.15, 0.2) is 0 Å². The van der Waals surface area contributed by atoms with E-state index < -0.39 is 11.9 Å². The smallest absolute Gasteiger partial charge is 0.394 e. The van der Waals surface area contributed by atoms with Gasteiger partial charge in [-0.2, -0.15) is 0 Å². The van der Waals surface area contributed by atoms with Gasteiger partial charge in [0.25, 0.3) is 5.56 Å². The van der Waals surface area contributed by atoms with Crippen molar-refractivity contribution in [2.45, 2.75) is 19.4 Å². The van der Waals surface area contributed by atoms with Crippen LogP contribution in [0.4, 0.5) is 5.69 Å². The predicted molar refractivity (Wildman–Crippen MR) is 106 cm³/mol. The number of rotatable bonds is 2. The van der Waals surface area contributed by atoms with Gasteiger partial charge in [0.1, 0.15) is 5.82 Å². The van der Waals surface area contributed by atoms with Gasteiger partial charge >= 0.3 is 11.9 Å². The van der Waals surface area contributed by atoms with Crippen LogP contribution < -0.4 is 10.9 Å². The number of anilines is 1. The Hall–Kier alpha value is -3.74. The first-order valence-corrected chi connectivity index (χ1v) is 8.80. The van der Waals surface area contributed by atoms with Crippen molar-refractivity contribution >= 4 is 40.1 Å². The van der Waals surface area contributed by atoms with Crippen LogP contribution in [0.15, 0.2) is 53.3 Å². The number of nitrogens with zero attached hydrogens (tertiary/aromatic N) is 2. The number of aromatic nitrogens is 2. The summed E-state index contributed by atoms with van der Waals surface area (Å²) in [6, 6.07) is 14.4. The minimum absolute atomic E-state index is 0.0132. The summed E-state index contributed by atoms with van der Waals surface area (Å²) in [6.45, 7) is 1.98. The Morgan fingerprint density at radius 3 is 2.68 bits per heavy atom.